The molecule has 8 nitrogen and oxygen atoms in total. The third kappa shape index (κ3) is 4.80. The van der Waals surface area contributed by atoms with Crippen LogP contribution in [0.2, 0.25) is 0 Å². The van der Waals surface area contributed by atoms with E-state index in [1.807, 2.05) is 12.1 Å². The Kier molecular flexibility index (Phi) is 6.26. The van der Waals surface area contributed by atoms with Crippen LogP contribution in [0.3, 0.4) is 0 Å². The molecule has 29 heavy (non-hydrogen) atoms. The highest BCUT2D eigenvalue weighted by Crippen LogP contribution is 2.29. The van der Waals surface area contributed by atoms with E-state index in [-0.39, 0.29) is 17.5 Å². The van der Waals surface area contributed by atoms with Crippen LogP contribution < -0.4 is 24.4 Å². The zero-order valence-corrected chi connectivity index (χ0v) is 16.9. The Morgan fingerprint density at radius 3 is 2.45 bits per heavy atom. The summed E-state index contributed by atoms with van der Waals surface area (Å²) in [5.74, 6) is 6.46. The maximum absolute atomic E-state index is 12.4. The molecule has 2 aromatic rings. The van der Waals surface area contributed by atoms with Crippen molar-refractivity contribution >= 4 is 21.7 Å². The second-order valence-electron chi connectivity index (χ2n) is 6.07. The summed E-state index contributed by atoms with van der Waals surface area (Å²) < 4.78 is 37.5. The number of rotatable bonds is 6. The minimum Gasteiger partial charge on any atom is -0.493 e. The van der Waals surface area contributed by atoms with Gasteiger partial charge in [0.2, 0.25) is 10.0 Å². The van der Waals surface area contributed by atoms with E-state index >= 15 is 0 Å². The molecule has 0 unspecified atom stereocenters. The zero-order valence-electron chi connectivity index (χ0n) is 16.1. The predicted octanol–water partition coefficient (Wildman–Crippen LogP) is 1.56. The van der Waals surface area contributed by atoms with Crippen LogP contribution in [0.1, 0.15) is 5.56 Å². The molecule has 1 fully saturated rings. The monoisotopic (exact) mass is 415 g/mol. The number of nitrogens with one attached hydrogen (secondary N) is 2. The molecule has 1 heterocycles. The molecule has 152 valence electrons. The first kappa shape index (κ1) is 20.5. The summed E-state index contributed by atoms with van der Waals surface area (Å²) in [5.41, 5.74) is 1.51. The average molecular weight is 415 g/mol. The van der Waals surface area contributed by atoms with Gasteiger partial charge in [-0.1, -0.05) is 11.8 Å². The topological polar surface area (TPSA) is 97.0 Å². The molecule has 3 rings (SSSR count). The normalized spacial score (nSPS) is 13.4. The molecule has 0 spiro atoms. The van der Waals surface area contributed by atoms with Gasteiger partial charge in [-0.2, -0.15) is 4.72 Å². The quantitative estimate of drug-likeness (QED) is 0.698. The van der Waals surface area contributed by atoms with Crippen molar-refractivity contribution in [2.45, 2.75) is 4.90 Å². The smallest absolute Gasteiger partial charge is 0.321 e. The fraction of sp³-hybridized carbons (Fsp3) is 0.250. The van der Waals surface area contributed by atoms with E-state index < -0.39 is 10.0 Å². The number of sulfonamides is 1. The SMILES string of the molecule is COc1ccc(S(=O)(=O)NCC#Cc2ccc(N3CCNC3=O)cc2)cc1OC. The van der Waals surface area contributed by atoms with E-state index in [0.717, 1.165) is 11.3 Å². The van der Waals surface area contributed by atoms with E-state index in [0.29, 0.717) is 24.6 Å². The maximum Gasteiger partial charge on any atom is 0.321 e. The lowest BCUT2D eigenvalue weighted by Gasteiger charge is -2.13. The first-order valence-electron chi connectivity index (χ1n) is 8.80. The molecule has 2 aromatic carbocycles. The van der Waals surface area contributed by atoms with Crippen molar-refractivity contribution in [2.75, 3.05) is 38.8 Å². The first-order chi connectivity index (χ1) is 13.9. The molecule has 0 aliphatic carbocycles. The van der Waals surface area contributed by atoms with E-state index in [4.69, 9.17) is 9.47 Å². The Hall–Kier alpha value is -3.22. The lowest BCUT2D eigenvalue weighted by atomic mass is 10.2. The second kappa shape index (κ2) is 8.86. The molecular formula is C20H21N3O5S. The summed E-state index contributed by atoms with van der Waals surface area (Å²) in [6.07, 6.45) is 0. The molecule has 1 aliphatic rings. The van der Waals surface area contributed by atoms with Gasteiger partial charge in [0.25, 0.3) is 0 Å². The average Bonchev–Trinajstić information content (AvgIpc) is 3.17. The third-order valence-corrected chi connectivity index (χ3v) is 5.68. The van der Waals surface area contributed by atoms with Crippen molar-refractivity contribution in [1.82, 2.24) is 10.0 Å². The van der Waals surface area contributed by atoms with Crippen molar-refractivity contribution in [1.29, 1.82) is 0 Å². The van der Waals surface area contributed by atoms with Crippen LogP contribution in [0.25, 0.3) is 0 Å². The number of anilines is 1. The van der Waals surface area contributed by atoms with Gasteiger partial charge in [0, 0.05) is 30.4 Å². The van der Waals surface area contributed by atoms with Gasteiger partial charge in [-0.3, -0.25) is 4.90 Å². The number of benzene rings is 2. The Bertz CT molecular complexity index is 1060. The van der Waals surface area contributed by atoms with Crippen LogP contribution in [0.5, 0.6) is 11.5 Å². The number of hydrogen-bond donors (Lipinski definition) is 2. The van der Waals surface area contributed by atoms with Crippen molar-refractivity contribution < 1.29 is 22.7 Å². The van der Waals surface area contributed by atoms with Crippen LogP contribution in [0.15, 0.2) is 47.4 Å². The van der Waals surface area contributed by atoms with Gasteiger partial charge in [-0.05, 0) is 36.4 Å². The minimum absolute atomic E-state index is 0.0487. The van der Waals surface area contributed by atoms with Gasteiger partial charge in [-0.15, -0.1) is 0 Å². The highest BCUT2D eigenvalue weighted by Gasteiger charge is 2.20. The number of amides is 2. The van der Waals surface area contributed by atoms with Gasteiger partial charge >= 0.3 is 6.03 Å². The van der Waals surface area contributed by atoms with E-state index in [1.165, 1.54) is 32.4 Å². The molecule has 0 bridgehead atoms. The molecule has 0 aromatic heterocycles. The standard InChI is InChI=1S/C20H21N3O5S/c1-27-18-10-9-17(14-19(18)28-2)29(25,26)22-11-3-4-15-5-7-16(8-6-15)23-13-12-21-20(23)24/h5-10,14,22H,11-13H2,1-2H3,(H,21,24). The molecule has 0 saturated carbocycles. The largest absolute Gasteiger partial charge is 0.493 e. The van der Waals surface area contributed by atoms with Crippen molar-refractivity contribution in [2.24, 2.45) is 0 Å². The van der Waals surface area contributed by atoms with Crippen LogP contribution >= 0.6 is 0 Å². The second-order valence-corrected chi connectivity index (χ2v) is 7.84. The fourth-order valence-corrected chi connectivity index (χ4v) is 3.73. The number of urea groups is 1. The molecule has 2 amide bonds. The Morgan fingerprint density at radius 1 is 1.10 bits per heavy atom. The van der Waals surface area contributed by atoms with Crippen molar-refractivity contribution in [3.63, 3.8) is 0 Å². The van der Waals surface area contributed by atoms with Crippen LogP contribution in [-0.4, -0.2) is 48.3 Å². The van der Waals surface area contributed by atoms with Crippen molar-refractivity contribution in [3.8, 4) is 23.3 Å². The predicted molar refractivity (Wildman–Crippen MR) is 109 cm³/mol. The minimum atomic E-state index is -3.74. The third-order valence-electron chi connectivity index (χ3n) is 4.28. The van der Waals surface area contributed by atoms with Crippen LogP contribution in [-0.2, 0) is 10.0 Å². The summed E-state index contributed by atoms with van der Waals surface area (Å²) in [6, 6.07) is 11.4. The molecule has 1 saturated heterocycles. The van der Waals surface area contributed by atoms with Crippen molar-refractivity contribution in [3.05, 3.63) is 48.0 Å². The number of nitrogens with zero attached hydrogens (tertiary/aromatic N) is 1. The summed E-state index contributed by atoms with van der Waals surface area (Å²) in [6.45, 7) is 1.20. The molecule has 1 aliphatic heterocycles. The number of carbonyl (C=O) groups is 1. The molecule has 0 atom stereocenters. The number of hydrogen-bond acceptors (Lipinski definition) is 5. The Morgan fingerprint density at radius 2 is 1.83 bits per heavy atom. The van der Waals surface area contributed by atoms with E-state index in [9.17, 15) is 13.2 Å². The van der Waals surface area contributed by atoms with Gasteiger partial charge in [-0.25, -0.2) is 13.2 Å². The van der Waals surface area contributed by atoms with Gasteiger partial charge in [0.15, 0.2) is 11.5 Å². The fourth-order valence-electron chi connectivity index (χ4n) is 2.79. The Labute approximate surface area is 169 Å². The maximum atomic E-state index is 12.4. The lowest BCUT2D eigenvalue weighted by Crippen LogP contribution is -2.27. The number of carbonyl (C=O) groups excluding carboxylic acids is 1. The lowest BCUT2D eigenvalue weighted by molar-refractivity contribution is 0.252. The van der Waals surface area contributed by atoms with E-state index in [2.05, 4.69) is 21.9 Å². The highest BCUT2D eigenvalue weighted by atomic mass is 32.2. The molecule has 2 N–H and O–H groups in total. The highest BCUT2D eigenvalue weighted by molar-refractivity contribution is 7.89. The van der Waals surface area contributed by atoms with Crippen LogP contribution in [0, 0.1) is 11.8 Å². The summed E-state index contributed by atoms with van der Waals surface area (Å²) >= 11 is 0. The van der Waals surface area contributed by atoms with Gasteiger partial charge in [0.05, 0.1) is 25.7 Å². The summed E-state index contributed by atoms with van der Waals surface area (Å²) in [4.78, 5) is 13.4. The molecular weight excluding hydrogens is 394 g/mol. The first-order valence-corrected chi connectivity index (χ1v) is 10.3. The summed E-state index contributed by atoms with van der Waals surface area (Å²) in [7, 11) is -0.818. The Balaban J connectivity index is 1.62. The molecule has 0 radical (unpaired) electrons. The molecule has 9 heteroatoms. The van der Waals surface area contributed by atoms with E-state index in [1.54, 1.807) is 17.0 Å². The number of ether oxygens (including phenoxy) is 2. The zero-order chi connectivity index (χ0) is 20.9. The summed E-state index contributed by atoms with van der Waals surface area (Å²) in [5, 5.41) is 2.74. The number of methoxy groups -OCH3 is 2. The van der Waals surface area contributed by atoms with Gasteiger partial charge in [0.1, 0.15) is 0 Å². The van der Waals surface area contributed by atoms with Crippen LogP contribution in [0.4, 0.5) is 10.5 Å². The van der Waals surface area contributed by atoms with Gasteiger partial charge < -0.3 is 14.8 Å².